The number of methoxy groups -OCH3 is 2. The fraction of sp³-hybridized carbons (Fsp3) is 0.368. The highest BCUT2D eigenvalue weighted by molar-refractivity contribution is 5.63. The second-order valence-corrected chi connectivity index (χ2v) is 13.3. The van der Waals surface area contributed by atoms with Crippen LogP contribution in [-0.4, -0.2) is 61.4 Å². The van der Waals surface area contributed by atoms with Gasteiger partial charge in [-0.25, -0.2) is 0 Å². The predicted octanol–water partition coefficient (Wildman–Crippen LogP) is 6.90. The summed E-state index contributed by atoms with van der Waals surface area (Å²) in [5.74, 6) is 3.00. The molecule has 2 N–H and O–H groups in total. The normalized spacial score (nSPS) is 22.6. The number of likely N-dealkylation sites (N-methyl/N-ethyl adjacent to an activating group) is 2. The number of hydrogen-bond acceptors (Lipinski definition) is 8. The first-order valence-corrected chi connectivity index (χ1v) is 15.9. The molecule has 0 aromatic heterocycles. The standard InChI is InChI=1S/C38H42N2O6/c1-37-21-23-7-10-27(11-8-23)45-36-34-26(19-33(44-6)35(36)42)14-16-40(4)38(34,2)22-24-9-12-29(41)30(17-24)46-32-20-28(37)25(13-15-39(37)3)18-31(32)43-5/h7-12,17-20,41-42H,13-16,21-22H2,1-6H3/t37-,38-/m0/s1. The Morgan fingerprint density at radius 3 is 2.04 bits per heavy atom. The summed E-state index contributed by atoms with van der Waals surface area (Å²) in [5.41, 5.74) is 5.60. The molecule has 0 unspecified atom stereocenters. The lowest BCUT2D eigenvalue weighted by molar-refractivity contribution is 0.119. The lowest BCUT2D eigenvalue weighted by atomic mass is 9.77. The van der Waals surface area contributed by atoms with E-state index in [0.717, 1.165) is 54.6 Å². The lowest BCUT2D eigenvalue weighted by Crippen LogP contribution is -2.48. The highest BCUT2D eigenvalue weighted by atomic mass is 16.5. The first-order chi connectivity index (χ1) is 22.0. The third-order valence-electron chi connectivity index (χ3n) is 10.6. The number of aromatic hydroxyl groups is 2. The third-order valence-corrected chi connectivity index (χ3v) is 10.6. The second kappa shape index (κ2) is 11.1. The average molecular weight is 623 g/mol. The van der Waals surface area contributed by atoms with Crippen molar-refractivity contribution in [3.63, 3.8) is 0 Å². The summed E-state index contributed by atoms with van der Waals surface area (Å²) >= 11 is 0. The van der Waals surface area contributed by atoms with Gasteiger partial charge in [-0.3, -0.25) is 9.80 Å². The van der Waals surface area contributed by atoms with Crippen LogP contribution in [0.25, 0.3) is 0 Å². The molecule has 0 saturated carbocycles. The molecule has 4 heterocycles. The van der Waals surface area contributed by atoms with Crippen LogP contribution < -0.4 is 18.9 Å². The molecule has 0 aliphatic carbocycles. The van der Waals surface area contributed by atoms with Crippen molar-refractivity contribution in [3.8, 4) is 46.0 Å². The molecule has 4 aromatic carbocycles. The molecule has 0 amide bonds. The Hall–Kier alpha value is -4.40. The van der Waals surface area contributed by atoms with E-state index in [9.17, 15) is 10.2 Å². The van der Waals surface area contributed by atoms with Crippen LogP contribution in [0.5, 0.6) is 46.0 Å². The van der Waals surface area contributed by atoms with E-state index >= 15 is 0 Å². The Morgan fingerprint density at radius 1 is 0.696 bits per heavy atom. The highest BCUT2D eigenvalue weighted by Crippen LogP contribution is 2.52. The van der Waals surface area contributed by atoms with Gasteiger partial charge in [-0.15, -0.1) is 0 Å². The molecule has 4 aromatic rings. The van der Waals surface area contributed by atoms with Crippen molar-refractivity contribution in [3.05, 3.63) is 94.0 Å². The van der Waals surface area contributed by atoms with Gasteiger partial charge in [0.1, 0.15) is 5.75 Å². The van der Waals surface area contributed by atoms with Crippen LogP contribution in [0.2, 0.25) is 0 Å². The largest absolute Gasteiger partial charge is 0.504 e. The summed E-state index contributed by atoms with van der Waals surface area (Å²) in [6, 6.07) is 19.8. The highest BCUT2D eigenvalue weighted by Gasteiger charge is 2.42. The summed E-state index contributed by atoms with van der Waals surface area (Å²) in [6.07, 6.45) is 3.00. The molecule has 0 saturated heterocycles. The summed E-state index contributed by atoms with van der Waals surface area (Å²) in [5, 5.41) is 22.6. The van der Waals surface area contributed by atoms with E-state index in [-0.39, 0.29) is 17.0 Å². The number of fused-ring (bicyclic) bond motifs is 2. The molecule has 240 valence electrons. The Bertz CT molecular complexity index is 1820. The number of benzene rings is 4. The van der Waals surface area contributed by atoms with Gasteiger partial charge < -0.3 is 29.2 Å². The minimum absolute atomic E-state index is 0.0227. The maximum absolute atomic E-state index is 11.5. The van der Waals surface area contributed by atoms with Crippen LogP contribution >= 0.6 is 0 Å². The van der Waals surface area contributed by atoms with Crippen molar-refractivity contribution in [2.24, 2.45) is 0 Å². The quantitative estimate of drug-likeness (QED) is 0.250. The maximum atomic E-state index is 11.5. The smallest absolute Gasteiger partial charge is 0.201 e. The third kappa shape index (κ3) is 4.82. The van der Waals surface area contributed by atoms with Gasteiger partial charge in [0.15, 0.2) is 34.5 Å². The van der Waals surface area contributed by atoms with E-state index in [1.54, 1.807) is 20.3 Å². The van der Waals surface area contributed by atoms with E-state index in [1.165, 1.54) is 11.1 Å². The molecule has 2 atom stereocenters. The van der Waals surface area contributed by atoms with Crippen molar-refractivity contribution in [1.82, 2.24) is 9.80 Å². The molecule has 46 heavy (non-hydrogen) atoms. The Morgan fingerprint density at radius 2 is 1.33 bits per heavy atom. The lowest BCUT2D eigenvalue weighted by Gasteiger charge is -2.45. The topological polar surface area (TPSA) is 83.9 Å². The van der Waals surface area contributed by atoms with E-state index < -0.39 is 5.54 Å². The van der Waals surface area contributed by atoms with E-state index in [4.69, 9.17) is 18.9 Å². The van der Waals surface area contributed by atoms with Gasteiger partial charge in [-0.1, -0.05) is 18.2 Å². The fourth-order valence-corrected chi connectivity index (χ4v) is 7.64. The monoisotopic (exact) mass is 622 g/mol. The zero-order chi connectivity index (χ0) is 32.4. The van der Waals surface area contributed by atoms with Crippen LogP contribution in [0.15, 0.2) is 60.7 Å². The van der Waals surface area contributed by atoms with Crippen molar-refractivity contribution in [1.29, 1.82) is 0 Å². The van der Waals surface area contributed by atoms with Gasteiger partial charge in [-0.05, 0) is 124 Å². The second-order valence-electron chi connectivity index (χ2n) is 13.3. The molecule has 0 fully saturated rings. The molecule has 0 radical (unpaired) electrons. The average Bonchev–Trinajstić information content (AvgIpc) is 3.04. The van der Waals surface area contributed by atoms with Crippen LogP contribution in [0.3, 0.4) is 0 Å². The minimum atomic E-state index is -0.567. The Labute approximate surface area is 270 Å². The number of phenols is 2. The summed E-state index contributed by atoms with van der Waals surface area (Å²) < 4.78 is 24.6. The van der Waals surface area contributed by atoms with Crippen molar-refractivity contribution >= 4 is 0 Å². The Balaban J connectivity index is 1.46. The zero-order valence-corrected chi connectivity index (χ0v) is 27.4. The molecule has 8 rings (SSSR count). The number of phenolic OH excluding ortho intramolecular Hbond substituents is 2. The van der Waals surface area contributed by atoms with Crippen molar-refractivity contribution in [2.45, 2.75) is 50.6 Å². The van der Waals surface area contributed by atoms with Gasteiger partial charge in [0, 0.05) is 24.2 Å². The van der Waals surface area contributed by atoms with Crippen LogP contribution in [0, 0.1) is 0 Å². The van der Waals surface area contributed by atoms with E-state index in [2.05, 4.69) is 62.0 Å². The van der Waals surface area contributed by atoms with Crippen molar-refractivity contribution in [2.75, 3.05) is 41.4 Å². The number of ether oxygens (including phenoxy) is 4. The number of hydrogen-bond donors (Lipinski definition) is 2. The first kappa shape index (κ1) is 30.3. The Kier molecular flexibility index (Phi) is 7.33. The number of rotatable bonds is 2. The SMILES string of the molecule is COc1cc2c3cc1Oc1cc(ccc1O)C[C@@]1(C)c4c(cc(OC)c(O)c4Oc4ccc(cc4)C[C@]3(C)N(C)CC2)CCN1C. The predicted molar refractivity (Wildman–Crippen MR) is 177 cm³/mol. The molecule has 4 aliphatic heterocycles. The van der Waals surface area contributed by atoms with Crippen LogP contribution in [0.4, 0.5) is 0 Å². The van der Waals surface area contributed by atoms with Crippen LogP contribution in [0.1, 0.15) is 47.2 Å². The van der Waals surface area contributed by atoms with Gasteiger partial charge in [0.05, 0.1) is 19.8 Å². The number of nitrogens with zero attached hydrogens (tertiary/aromatic N) is 2. The molecule has 6 bridgehead atoms. The van der Waals surface area contributed by atoms with Crippen molar-refractivity contribution < 1.29 is 29.2 Å². The maximum Gasteiger partial charge on any atom is 0.201 e. The zero-order valence-electron chi connectivity index (χ0n) is 27.4. The molecular formula is C38H42N2O6. The van der Waals surface area contributed by atoms with E-state index in [0.29, 0.717) is 40.9 Å². The van der Waals surface area contributed by atoms with Gasteiger partial charge in [-0.2, -0.15) is 0 Å². The van der Waals surface area contributed by atoms with Gasteiger partial charge >= 0.3 is 0 Å². The molecular weight excluding hydrogens is 580 g/mol. The molecule has 8 nitrogen and oxygen atoms in total. The summed E-state index contributed by atoms with van der Waals surface area (Å²) in [4.78, 5) is 4.69. The van der Waals surface area contributed by atoms with Crippen LogP contribution in [-0.2, 0) is 36.8 Å². The van der Waals surface area contributed by atoms with Gasteiger partial charge in [0.25, 0.3) is 0 Å². The first-order valence-electron chi connectivity index (χ1n) is 15.9. The summed E-state index contributed by atoms with van der Waals surface area (Å²) in [6.45, 7) is 6.15. The summed E-state index contributed by atoms with van der Waals surface area (Å²) in [7, 11) is 7.48. The molecule has 4 aliphatic rings. The molecule has 8 heteroatoms. The minimum Gasteiger partial charge on any atom is -0.504 e. The molecule has 0 spiro atoms. The fourth-order valence-electron chi connectivity index (χ4n) is 7.64. The van der Waals surface area contributed by atoms with E-state index in [1.807, 2.05) is 30.3 Å². The van der Waals surface area contributed by atoms with Gasteiger partial charge in [0.2, 0.25) is 5.75 Å².